The predicted molar refractivity (Wildman–Crippen MR) is 148 cm³/mol. The van der Waals surface area contributed by atoms with E-state index in [9.17, 15) is 40.7 Å². The topological polar surface area (TPSA) is 115 Å². The largest absolute Gasteiger partial charge is 0.460 e. The van der Waals surface area contributed by atoms with Gasteiger partial charge in [-0.2, -0.15) is 13.2 Å². The zero-order chi connectivity index (χ0) is 33.8. The molecular weight excluding hydrogens is 628 g/mol. The van der Waals surface area contributed by atoms with E-state index in [1.165, 1.54) is 0 Å². The lowest BCUT2D eigenvalue weighted by Crippen LogP contribution is -2.45. The first-order valence-corrected chi connectivity index (χ1v) is 14.6. The Bertz CT molecular complexity index is 1440. The molecule has 2 aliphatic heterocycles. The molecule has 1 saturated heterocycles. The molecule has 0 saturated carbocycles. The van der Waals surface area contributed by atoms with Crippen molar-refractivity contribution >= 4 is 18.0 Å². The highest BCUT2D eigenvalue weighted by molar-refractivity contribution is 5.89. The Kier molecular flexibility index (Phi) is 10.9. The van der Waals surface area contributed by atoms with Crippen LogP contribution in [0.1, 0.15) is 54.8 Å². The second-order valence-electron chi connectivity index (χ2n) is 11.9. The maximum absolute atomic E-state index is 14.5. The number of hydrogen-bond donors (Lipinski definition) is 1. The molecule has 1 unspecified atom stereocenters. The van der Waals surface area contributed by atoms with Gasteiger partial charge in [-0.25, -0.2) is 27.7 Å². The summed E-state index contributed by atoms with van der Waals surface area (Å²) in [4.78, 5) is 45.5. The molecule has 0 radical (unpaired) electrons. The fourth-order valence-electron chi connectivity index (χ4n) is 5.10. The van der Waals surface area contributed by atoms with Crippen LogP contribution in [0, 0.1) is 17.5 Å². The molecule has 0 aliphatic carbocycles. The first-order chi connectivity index (χ1) is 21.5. The van der Waals surface area contributed by atoms with Crippen LogP contribution in [0.2, 0.25) is 0 Å². The van der Waals surface area contributed by atoms with Crippen molar-refractivity contribution in [1.82, 2.24) is 24.7 Å². The standard InChI is InChI=1S/C29H35F6N5O6/c1-28(2,3)46-27(43)36-18(12-17-13-20(31)21(32)15-19(17)30)14-23(41)39-4-5-40-22(16-39)24(37-26(40)29(33,34)35)25(42)45-11-8-38-6-9-44-10-7-38/h13,15,18H,4-12,14,16H2,1-3H3,(H,36,43). The van der Waals surface area contributed by atoms with E-state index in [2.05, 4.69) is 10.3 Å². The van der Waals surface area contributed by atoms with Crippen LogP contribution in [-0.2, 0) is 44.7 Å². The summed E-state index contributed by atoms with van der Waals surface area (Å²) in [5.41, 5.74) is -2.05. The van der Waals surface area contributed by atoms with E-state index in [0.29, 0.717) is 45.0 Å². The minimum Gasteiger partial charge on any atom is -0.460 e. The molecule has 254 valence electrons. The maximum Gasteiger partial charge on any atom is 0.449 e. The van der Waals surface area contributed by atoms with E-state index in [1.807, 2.05) is 4.90 Å². The van der Waals surface area contributed by atoms with Crippen molar-refractivity contribution in [2.24, 2.45) is 0 Å². The number of esters is 1. The molecule has 1 atom stereocenters. The molecule has 1 N–H and O–H groups in total. The van der Waals surface area contributed by atoms with Gasteiger partial charge in [0.15, 0.2) is 17.3 Å². The van der Waals surface area contributed by atoms with Crippen molar-refractivity contribution in [3.63, 3.8) is 0 Å². The number of carbonyl (C=O) groups is 3. The van der Waals surface area contributed by atoms with Gasteiger partial charge in [0, 0.05) is 51.3 Å². The summed E-state index contributed by atoms with van der Waals surface area (Å²) in [6, 6.07) is -0.250. The van der Waals surface area contributed by atoms with Crippen molar-refractivity contribution in [1.29, 1.82) is 0 Å². The SMILES string of the molecule is CC(C)(C)OC(=O)NC(CC(=O)N1CCn2c(C(F)(F)F)nc(C(=O)OCCN3CCOCC3)c2C1)Cc1cc(F)c(F)cc1F. The smallest absolute Gasteiger partial charge is 0.449 e. The maximum atomic E-state index is 14.5. The molecule has 4 rings (SSSR count). The number of amides is 2. The van der Waals surface area contributed by atoms with E-state index in [4.69, 9.17) is 14.2 Å². The first-order valence-electron chi connectivity index (χ1n) is 14.6. The third-order valence-corrected chi connectivity index (χ3v) is 7.25. The average molecular weight is 664 g/mol. The number of nitrogens with one attached hydrogen (secondary N) is 1. The van der Waals surface area contributed by atoms with Crippen molar-refractivity contribution in [3.05, 3.63) is 52.4 Å². The molecular formula is C29H35F6N5O6. The van der Waals surface area contributed by atoms with Gasteiger partial charge in [0.05, 0.1) is 25.5 Å². The number of ether oxygens (including phenoxy) is 3. The Morgan fingerprint density at radius 1 is 1.00 bits per heavy atom. The minimum absolute atomic E-state index is 0.103. The Morgan fingerprint density at radius 2 is 1.67 bits per heavy atom. The molecule has 11 nitrogen and oxygen atoms in total. The van der Waals surface area contributed by atoms with Gasteiger partial charge in [0.1, 0.15) is 18.0 Å². The summed E-state index contributed by atoms with van der Waals surface area (Å²) in [7, 11) is 0. The van der Waals surface area contributed by atoms with Gasteiger partial charge in [-0.3, -0.25) is 9.69 Å². The van der Waals surface area contributed by atoms with Gasteiger partial charge < -0.3 is 29.0 Å². The van der Waals surface area contributed by atoms with E-state index >= 15 is 0 Å². The summed E-state index contributed by atoms with van der Waals surface area (Å²) in [5.74, 6) is -6.95. The average Bonchev–Trinajstić information content (AvgIpc) is 3.35. The summed E-state index contributed by atoms with van der Waals surface area (Å²) in [6.45, 7) is 6.20. The van der Waals surface area contributed by atoms with Gasteiger partial charge in [-0.15, -0.1) is 0 Å². The van der Waals surface area contributed by atoms with Crippen LogP contribution in [0.15, 0.2) is 12.1 Å². The van der Waals surface area contributed by atoms with E-state index < -0.39 is 84.1 Å². The van der Waals surface area contributed by atoms with Gasteiger partial charge >= 0.3 is 18.2 Å². The number of hydrogen-bond acceptors (Lipinski definition) is 8. The Labute approximate surface area is 260 Å². The highest BCUT2D eigenvalue weighted by Crippen LogP contribution is 2.33. The molecule has 46 heavy (non-hydrogen) atoms. The number of carbonyl (C=O) groups excluding carboxylic acids is 3. The van der Waals surface area contributed by atoms with Gasteiger partial charge in [-0.1, -0.05) is 0 Å². The van der Waals surface area contributed by atoms with Crippen LogP contribution in [0.5, 0.6) is 0 Å². The molecule has 0 bridgehead atoms. The molecule has 1 aromatic heterocycles. The van der Waals surface area contributed by atoms with E-state index in [0.717, 1.165) is 9.47 Å². The van der Waals surface area contributed by atoms with Crippen molar-refractivity contribution in [2.75, 3.05) is 46.0 Å². The number of aromatic nitrogens is 2. The predicted octanol–water partition coefficient (Wildman–Crippen LogP) is 3.68. The van der Waals surface area contributed by atoms with Crippen LogP contribution >= 0.6 is 0 Å². The second kappa shape index (κ2) is 14.3. The van der Waals surface area contributed by atoms with E-state index in [-0.39, 0.29) is 31.0 Å². The van der Waals surface area contributed by atoms with Crippen LogP contribution in [-0.4, -0.2) is 95.0 Å². The van der Waals surface area contributed by atoms with Crippen LogP contribution in [0.4, 0.5) is 31.1 Å². The lowest BCUT2D eigenvalue weighted by molar-refractivity contribution is -0.148. The number of benzene rings is 1. The van der Waals surface area contributed by atoms with Crippen LogP contribution < -0.4 is 5.32 Å². The fraction of sp³-hybridized carbons (Fsp3) is 0.586. The summed E-state index contributed by atoms with van der Waals surface area (Å²) >= 11 is 0. The number of imidazole rings is 1. The molecule has 2 aromatic rings. The number of nitrogens with zero attached hydrogens (tertiary/aromatic N) is 4. The van der Waals surface area contributed by atoms with Gasteiger partial charge in [0.25, 0.3) is 0 Å². The molecule has 1 fully saturated rings. The van der Waals surface area contributed by atoms with Gasteiger partial charge in [-0.05, 0) is 38.8 Å². The Morgan fingerprint density at radius 3 is 2.33 bits per heavy atom. The number of fused-ring (bicyclic) bond motifs is 1. The van der Waals surface area contributed by atoms with Crippen LogP contribution in [0.3, 0.4) is 0 Å². The molecule has 0 spiro atoms. The lowest BCUT2D eigenvalue weighted by Gasteiger charge is -2.31. The summed E-state index contributed by atoms with van der Waals surface area (Å²) < 4.78 is 99.9. The Balaban J connectivity index is 1.51. The van der Waals surface area contributed by atoms with E-state index in [1.54, 1.807) is 20.8 Å². The second-order valence-corrected chi connectivity index (χ2v) is 11.9. The zero-order valence-electron chi connectivity index (χ0n) is 25.5. The van der Waals surface area contributed by atoms with Gasteiger partial charge in [0.2, 0.25) is 11.7 Å². The number of morpholine rings is 1. The quantitative estimate of drug-likeness (QED) is 0.246. The summed E-state index contributed by atoms with van der Waals surface area (Å²) in [5, 5.41) is 2.43. The summed E-state index contributed by atoms with van der Waals surface area (Å²) in [6.07, 6.45) is -6.83. The molecule has 17 heteroatoms. The first kappa shape index (κ1) is 35.0. The molecule has 2 amide bonds. The van der Waals surface area contributed by atoms with Crippen molar-refractivity contribution in [3.8, 4) is 0 Å². The number of alkyl halides is 3. The molecule has 2 aliphatic rings. The lowest BCUT2D eigenvalue weighted by atomic mass is 10.0. The Hall–Kier alpha value is -3.86. The molecule has 3 heterocycles. The van der Waals surface area contributed by atoms with Crippen LogP contribution in [0.25, 0.3) is 0 Å². The highest BCUT2D eigenvalue weighted by atomic mass is 19.4. The minimum atomic E-state index is -4.90. The monoisotopic (exact) mass is 663 g/mol. The number of halogens is 6. The number of rotatable bonds is 9. The fourth-order valence-corrected chi connectivity index (χ4v) is 5.10. The zero-order valence-corrected chi connectivity index (χ0v) is 25.5. The highest BCUT2D eigenvalue weighted by Gasteiger charge is 2.42. The van der Waals surface area contributed by atoms with Crippen molar-refractivity contribution < 1.29 is 54.9 Å². The van der Waals surface area contributed by atoms with Crippen molar-refractivity contribution in [2.45, 2.75) is 64.5 Å². The third-order valence-electron chi connectivity index (χ3n) is 7.25. The third kappa shape index (κ3) is 9.11. The normalized spacial score (nSPS) is 16.5. The number of alkyl carbamates (subject to hydrolysis) is 1. The molecule has 1 aromatic carbocycles.